The van der Waals surface area contributed by atoms with E-state index in [1.165, 1.54) is 29.5 Å². The van der Waals surface area contributed by atoms with Crippen molar-refractivity contribution >= 4 is 48.5 Å². The average Bonchev–Trinajstić information content (AvgIpc) is 3.16. The van der Waals surface area contributed by atoms with Gasteiger partial charge in [0, 0.05) is 0 Å². The van der Waals surface area contributed by atoms with E-state index in [-0.39, 0.29) is 10.5 Å². The standard InChI is InChI=1S/C18H15N3O5S2/c1-2-26-12-7-5-8-13-16(12)20-18(27-13)19-15(22)10-21-17(23)11-6-3-4-9-14(11)28(21,24)25/h3-9H,2,10H2,1H3,(H,19,20,22). The fraction of sp³-hybridized carbons (Fsp3) is 0.167. The molecule has 10 heteroatoms. The maximum absolute atomic E-state index is 12.5. The van der Waals surface area contributed by atoms with Crippen molar-refractivity contribution in [1.82, 2.24) is 9.29 Å². The third-order valence-electron chi connectivity index (χ3n) is 4.13. The van der Waals surface area contributed by atoms with Gasteiger partial charge in [0.25, 0.3) is 15.9 Å². The Bertz CT molecular complexity index is 1200. The van der Waals surface area contributed by atoms with Gasteiger partial charge in [-0.25, -0.2) is 17.7 Å². The molecule has 3 aromatic rings. The minimum atomic E-state index is -4.04. The second-order valence-corrected chi connectivity index (χ2v) is 8.78. The van der Waals surface area contributed by atoms with E-state index in [0.29, 0.717) is 27.3 Å². The lowest BCUT2D eigenvalue weighted by atomic mass is 10.2. The van der Waals surface area contributed by atoms with E-state index in [2.05, 4.69) is 10.3 Å². The summed E-state index contributed by atoms with van der Waals surface area (Å²) in [6.07, 6.45) is 0. The number of carbonyl (C=O) groups is 2. The van der Waals surface area contributed by atoms with Gasteiger partial charge in [0.2, 0.25) is 5.91 Å². The van der Waals surface area contributed by atoms with E-state index >= 15 is 0 Å². The Labute approximate surface area is 164 Å². The largest absolute Gasteiger partial charge is 0.492 e. The molecule has 8 nitrogen and oxygen atoms in total. The van der Waals surface area contributed by atoms with Crippen molar-refractivity contribution in [2.45, 2.75) is 11.8 Å². The normalized spacial score (nSPS) is 14.9. The molecule has 2 amide bonds. The Morgan fingerprint density at radius 1 is 1.21 bits per heavy atom. The van der Waals surface area contributed by atoms with E-state index in [9.17, 15) is 18.0 Å². The molecule has 1 N–H and O–H groups in total. The number of nitrogens with zero attached hydrogens (tertiary/aromatic N) is 2. The summed E-state index contributed by atoms with van der Waals surface area (Å²) in [5.74, 6) is -0.764. The van der Waals surface area contributed by atoms with Crippen LogP contribution in [0, 0.1) is 0 Å². The Morgan fingerprint density at radius 2 is 2.00 bits per heavy atom. The molecule has 0 saturated heterocycles. The zero-order valence-corrected chi connectivity index (χ0v) is 16.3. The maximum atomic E-state index is 12.5. The molecule has 0 radical (unpaired) electrons. The van der Waals surface area contributed by atoms with Crippen molar-refractivity contribution in [2.24, 2.45) is 0 Å². The van der Waals surface area contributed by atoms with Crippen LogP contribution < -0.4 is 10.1 Å². The van der Waals surface area contributed by atoms with Crippen LogP contribution >= 0.6 is 11.3 Å². The van der Waals surface area contributed by atoms with Crippen molar-refractivity contribution in [1.29, 1.82) is 0 Å². The molecule has 0 saturated carbocycles. The molecule has 0 atom stereocenters. The number of thiazole rings is 1. The average molecular weight is 417 g/mol. The number of benzene rings is 2. The number of hydrogen-bond donors (Lipinski definition) is 1. The molecule has 4 rings (SSSR count). The molecular weight excluding hydrogens is 402 g/mol. The number of carbonyl (C=O) groups excluding carboxylic acids is 2. The predicted octanol–water partition coefficient (Wildman–Crippen LogP) is 2.48. The van der Waals surface area contributed by atoms with Crippen LogP contribution in [0.5, 0.6) is 5.75 Å². The summed E-state index contributed by atoms with van der Waals surface area (Å²) in [5.41, 5.74) is 0.679. The third-order valence-corrected chi connectivity index (χ3v) is 6.85. The summed E-state index contributed by atoms with van der Waals surface area (Å²) >= 11 is 1.24. The van der Waals surface area contributed by atoms with E-state index in [4.69, 9.17) is 4.74 Å². The van der Waals surface area contributed by atoms with Crippen LogP contribution in [0.4, 0.5) is 5.13 Å². The van der Waals surface area contributed by atoms with Crippen molar-refractivity contribution in [3.05, 3.63) is 48.0 Å². The number of rotatable bonds is 5. The fourth-order valence-corrected chi connectivity index (χ4v) is 5.35. The lowest BCUT2D eigenvalue weighted by Gasteiger charge is -2.13. The number of para-hydroxylation sites is 1. The van der Waals surface area contributed by atoms with Gasteiger partial charge in [-0.2, -0.15) is 0 Å². The molecule has 0 fully saturated rings. The van der Waals surface area contributed by atoms with Crippen LogP contribution in [0.3, 0.4) is 0 Å². The smallest absolute Gasteiger partial charge is 0.269 e. The van der Waals surface area contributed by atoms with Gasteiger partial charge in [0.05, 0.1) is 16.9 Å². The highest BCUT2D eigenvalue weighted by atomic mass is 32.2. The number of fused-ring (bicyclic) bond motifs is 2. The summed E-state index contributed by atoms with van der Waals surface area (Å²) in [6.45, 7) is 1.72. The minimum Gasteiger partial charge on any atom is -0.492 e. The molecule has 0 aliphatic carbocycles. The van der Waals surface area contributed by atoms with E-state index in [0.717, 1.165) is 4.70 Å². The number of aromatic nitrogens is 1. The second-order valence-electron chi connectivity index (χ2n) is 5.92. The molecule has 2 aromatic carbocycles. The van der Waals surface area contributed by atoms with E-state index < -0.39 is 28.4 Å². The molecule has 0 spiro atoms. The zero-order valence-electron chi connectivity index (χ0n) is 14.7. The van der Waals surface area contributed by atoms with Gasteiger partial charge in [-0.15, -0.1) is 0 Å². The van der Waals surface area contributed by atoms with E-state index in [1.54, 1.807) is 12.1 Å². The topological polar surface area (TPSA) is 106 Å². The van der Waals surface area contributed by atoms with Crippen LogP contribution in [-0.4, -0.2) is 42.7 Å². The first kappa shape index (κ1) is 18.4. The zero-order chi connectivity index (χ0) is 19.9. The summed E-state index contributed by atoms with van der Waals surface area (Å²) in [4.78, 5) is 29.1. The molecule has 1 aliphatic rings. The lowest BCUT2D eigenvalue weighted by molar-refractivity contribution is -0.116. The number of hydrogen-bond acceptors (Lipinski definition) is 7. The Hall–Kier alpha value is -2.98. The Morgan fingerprint density at radius 3 is 2.75 bits per heavy atom. The van der Waals surface area contributed by atoms with Gasteiger partial charge in [0.1, 0.15) is 22.7 Å². The van der Waals surface area contributed by atoms with Crippen molar-refractivity contribution in [3.8, 4) is 5.75 Å². The summed E-state index contributed by atoms with van der Waals surface area (Å²) in [7, 11) is -4.04. The van der Waals surface area contributed by atoms with Crippen molar-refractivity contribution in [3.63, 3.8) is 0 Å². The van der Waals surface area contributed by atoms with Crippen LogP contribution in [-0.2, 0) is 14.8 Å². The van der Waals surface area contributed by atoms with Crippen molar-refractivity contribution in [2.75, 3.05) is 18.5 Å². The molecular formula is C18H15N3O5S2. The maximum Gasteiger partial charge on any atom is 0.269 e. The van der Waals surface area contributed by atoms with Gasteiger partial charge >= 0.3 is 0 Å². The highest BCUT2D eigenvalue weighted by Gasteiger charge is 2.41. The highest BCUT2D eigenvalue weighted by Crippen LogP contribution is 2.33. The quantitative estimate of drug-likeness (QED) is 0.684. The third kappa shape index (κ3) is 3.00. The molecule has 1 aliphatic heterocycles. The molecule has 2 heterocycles. The first-order chi connectivity index (χ1) is 13.4. The van der Waals surface area contributed by atoms with Gasteiger partial charge in [0.15, 0.2) is 5.13 Å². The monoisotopic (exact) mass is 417 g/mol. The first-order valence-corrected chi connectivity index (χ1v) is 10.7. The van der Waals surface area contributed by atoms with E-state index in [1.807, 2.05) is 19.1 Å². The molecule has 0 unspecified atom stereocenters. The molecule has 0 bridgehead atoms. The predicted molar refractivity (Wildman–Crippen MR) is 104 cm³/mol. The van der Waals surface area contributed by atoms with Gasteiger partial charge in [-0.05, 0) is 31.2 Å². The number of sulfonamides is 1. The number of anilines is 1. The number of nitrogens with one attached hydrogen (secondary N) is 1. The van der Waals surface area contributed by atoms with Gasteiger partial charge in [-0.3, -0.25) is 9.59 Å². The van der Waals surface area contributed by atoms with Crippen molar-refractivity contribution < 1.29 is 22.7 Å². The summed E-state index contributed by atoms with van der Waals surface area (Å²) < 4.78 is 32.0. The van der Waals surface area contributed by atoms with Crippen LogP contribution in [0.15, 0.2) is 47.4 Å². The minimum absolute atomic E-state index is 0.0663. The van der Waals surface area contributed by atoms with Gasteiger partial charge in [-0.1, -0.05) is 29.5 Å². The summed E-state index contributed by atoms with van der Waals surface area (Å²) in [5, 5.41) is 2.87. The second kappa shape index (κ2) is 6.88. The molecule has 1 aromatic heterocycles. The molecule has 144 valence electrons. The number of ether oxygens (including phenoxy) is 1. The Kier molecular flexibility index (Phi) is 4.52. The SMILES string of the molecule is CCOc1cccc2sc(NC(=O)CN3C(=O)c4ccccc4S3(=O)=O)nc12. The lowest BCUT2D eigenvalue weighted by Crippen LogP contribution is -2.37. The van der Waals surface area contributed by atoms with Crippen LogP contribution in [0.25, 0.3) is 10.2 Å². The van der Waals surface area contributed by atoms with Crippen LogP contribution in [0.2, 0.25) is 0 Å². The fourth-order valence-electron chi connectivity index (χ4n) is 2.93. The Balaban J connectivity index is 1.55. The highest BCUT2D eigenvalue weighted by molar-refractivity contribution is 7.90. The molecule has 28 heavy (non-hydrogen) atoms. The number of amides is 2. The van der Waals surface area contributed by atoms with Crippen LogP contribution in [0.1, 0.15) is 17.3 Å². The van der Waals surface area contributed by atoms with Gasteiger partial charge < -0.3 is 10.1 Å². The first-order valence-electron chi connectivity index (χ1n) is 8.40. The summed E-state index contributed by atoms with van der Waals surface area (Å²) in [6, 6.07) is 11.3.